The molecule has 32 heavy (non-hydrogen) atoms. The Kier molecular flexibility index (Phi) is 9.12. The molecular weight excluding hydrogens is 428 g/mol. The van der Waals surface area contributed by atoms with Gasteiger partial charge in [0.25, 0.3) is 5.91 Å². The number of nitrogens with zero attached hydrogens (tertiary/aromatic N) is 4. The molecule has 1 unspecified atom stereocenters. The van der Waals surface area contributed by atoms with Crippen molar-refractivity contribution >= 4 is 34.5 Å². The van der Waals surface area contributed by atoms with E-state index in [1.807, 2.05) is 37.3 Å². The zero-order valence-electron chi connectivity index (χ0n) is 18.7. The van der Waals surface area contributed by atoms with Crippen molar-refractivity contribution in [3.8, 4) is 5.75 Å². The molecule has 0 aliphatic heterocycles. The Morgan fingerprint density at radius 3 is 2.75 bits per heavy atom. The number of thioether (sulfide) groups is 1. The molecule has 2 heterocycles. The molecule has 9 nitrogen and oxygen atoms in total. The van der Waals surface area contributed by atoms with E-state index in [2.05, 4.69) is 32.6 Å². The van der Waals surface area contributed by atoms with Crippen molar-refractivity contribution in [3.05, 3.63) is 36.5 Å². The number of hydrogen-bond acceptors (Lipinski definition) is 8. The van der Waals surface area contributed by atoms with Gasteiger partial charge in [-0.3, -0.25) is 4.79 Å². The molecule has 3 aromatic rings. The molecule has 1 aromatic carbocycles. The first-order valence-electron chi connectivity index (χ1n) is 10.8. The molecule has 0 bridgehead atoms. The molecule has 0 saturated heterocycles. The quantitative estimate of drug-likeness (QED) is 0.229. The average Bonchev–Trinajstić information content (AvgIpc) is 3.20. The van der Waals surface area contributed by atoms with E-state index in [-0.39, 0.29) is 5.91 Å². The van der Waals surface area contributed by atoms with E-state index >= 15 is 0 Å². The third kappa shape index (κ3) is 6.57. The molecule has 2 N–H and O–H groups in total. The standard InChI is InChI=1S/C22H30N6O3S/c1-4-30-14-12-23-19-18-15-25-28(20(18)27-22(26-19)32-5-2)13-11-24-21(29)16(3)31-17-9-7-6-8-10-17/h6-10,15-16H,4-5,11-14H2,1-3H3,(H,24,29)(H,23,26,27). The SMILES string of the molecule is CCOCCNc1nc(SCC)nc2c1cnn2CCNC(=O)C(C)Oc1ccccc1. The number of para-hydroxylation sites is 1. The number of amides is 1. The maximum absolute atomic E-state index is 12.4. The second-order valence-electron chi connectivity index (χ2n) is 6.88. The summed E-state index contributed by atoms with van der Waals surface area (Å²) < 4.78 is 12.9. The van der Waals surface area contributed by atoms with Gasteiger partial charge in [0.1, 0.15) is 11.6 Å². The lowest BCUT2D eigenvalue weighted by Gasteiger charge is -2.14. The largest absolute Gasteiger partial charge is 0.481 e. The van der Waals surface area contributed by atoms with Gasteiger partial charge in [-0.25, -0.2) is 14.6 Å². The van der Waals surface area contributed by atoms with Crippen LogP contribution in [0.25, 0.3) is 11.0 Å². The van der Waals surface area contributed by atoms with Crippen molar-refractivity contribution in [2.75, 3.05) is 37.4 Å². The first-order chi connectivity index (χ1) is 15.6. The van der Waals surface area contributed by atoms with Crippen LogP contribution in [0.2, 0.25) is 0 Å². The molecule has 3 rings (SSSR count). The van der Waals surface area contributed by atoms with E-state index in [0.717, 1.165) is 22.6 Å². The molecule has 0 aliphatic carbocycles. The van der Waals surface area contributed by atoms with E-state index in [4.69, 9.17) is 9.47 Å². The second-order valence-corrected chi connectivity index (χ2v) is 8.11. The van der Waals surface area contributed by atoms with Gasteiger partial charge in [0, 0.05) is 19.7 Å². The fourth-order valence-electron chi connectivity index (χ4n) is 3.00. The normalized spacial score (nSPS) is 12.0. The molecule has 2 aromatic heterocycles. The second kappa shape index (κ2) is 12.3. The number of carbonyl (C=O) groups excluding carboxylic acids is 1. The third-order valence-electron chi connectivity index (χ3n) is 4.54. The van der Waals surface area contributed by atoms with Crippen LogP contribution in [0.5, 0.6) is 5.75 Å². The Hall–Kier alpha value is -2.85. The minimum absolute atomic E-state index is 0.180. The molecule has 0 radical (unpaired) electrons. The van der Waals surface area contributed by atoms with Crippen LogP contribution >= 0.6 is 11.8 Å². The van der Waals surface area contributed by atoms with Gasteiger partial charge >= 0.3 is 0 Å². The van der Waals surface area contributed by atoms with Crippen LogP contribution in [0, 0.1) is 0 Å². The third-order valence-corrected chi connectivity index (χ3v) is 5.27. The number of rotatable bonds is 13. The van der Waals surface area contributed by atoms with Crippen LogP contribution in [-0.4, -0.2) is 63.8 Å². The summed E-state index contributed by atoms with van der Waals surface area (Å²) in [6.07, 6.45) is 1.16. The molecule has 0 saturated carbocycles. The van der Waals surface area contributed by atoms with Crippen molar-refractivity contribution in [1.29, 1.82) is 0 Å². The number of hydrogen-bond donors (Lipinski definition) is 2. The summed E-state index contributed by atoms with van der Waals surface area (Å²) in [5, 5.41) is 12.2. The lowest BCUT2D eigenvalue weighted by Crippen LogP contribution is -2.38. The highest BCUT2D eigenvalue weighted by atomic mass is 32.2. The van der Waals surface area contributed by atoms with E-state index in [9.17, 15) is 4.79 Å². The van der Waals surface area contributed by atoms with Crippen LogP contribution in [0.1, 0.15) is 20.8 Å². The number of fused-ring (bicyclic) bond motifs is 1. The lowest BCUT2D eigenvalue weighted by atomic mass is 10.3. The number of ether oxygens (including phenoxy) is 2. The van der Waals surface area contributed by atoms with E-state index in [1.165, 1.54) is 0 Å². The topological polar surface area (TPSA) is 103 Å². The highest BCUT2D eigenvalue weighted by molar-refractivity contribution is 7.99. The molecule has 0 aliphatic rings. The predicted molar refractivity (Wildman–Crippen MR) is 126 cm³/mol. The maximum Gasteiger partial charge on any atom is 0.260 e. The summed E-state index contributed by atoms with van der Waals surface area (Å²) in [5.41, 5.74) is 0.734. The minimum Gasteiger partial charge on any atom is -0.481 e. The van der Waals surface area contributed by atoms with Crippen molar-refractivity contribution in [1.82, 2.24) is 25.1 Å². The van der Waals surface area contributed by atoms with Crippen molar-refractivity contribution in [2.45, 2.75) is 38.6 Å². The van der Waals surface area contributed by atoms with Gasteiger partial charge in [-0.15, -0.1) is 0 Å². The van der Waals surface area contributed by atoms with Gasteiger partial charge in [0.15, 0.2) is 16.9 Å². The Balaban J connectivity index is 1.62. The van der Waals surface area contributed by atoms with Crippen LogP contribution in [0.4, 0.5) is 5.82 Å². The van der Waals surface area contributed by atoms with Crippen LogP contribution < -0.4 is 15.4 Å². The summed E-state index contributed by atoms with van der Waals surface area (Å²) in [4.78, 5) is 21.7. The predicted octanol–water partition coefficient (Wildman–Crippen LogP) is 2.97. The highest BCUT2D eigenvalue weighted by Crippen LogP contribution is 2.24. The fourth-order valence-corrected chi connectivity index (χ4v) is 3.56. The van der Waals surface area contributed by atoms with E-state index in [0.29, 0.717) is 43.8 Å². The minimum atomic E-state index is -0.595. The number of carbonyl (C=O) groups is 1. The maximum atomic E-state index is 12.4. The smallest absolute Gasteiger partial charge is 0.260 e. The van der Waals surface area contributed by atoms with Crippen molar-refractivity contribution in [2.24, 2.45) is 0 Å². The Labute approximate surface area is 192 Å². The van der Waals surface area contributed by atoms with Gasteiger partial charge in [0.2, 0.25) is 0 Å². The lowest BCUT2D eigenvalue weighted by molar-refractivity contribution is -0.127. The first-order valence-corrected chi connectivity index (χ1v) is 11.8. The molecule has 1 amide bonds. The Bertz CT molecular complexity index is 998. The Morgan fingerprint density at radius 2 is 2.00 bits per heavy atom. The zero-order chi connectivity index (χ0) is 22.8. The summed E-state index contributed by atoms with van der Waals surface area (Å²) in [7, 11) is 0. The van der Waals surface area contributed by atoms with E-state index in [1.54, 1.807) is 29.6 Å². The monoisotopic (exact) mass is 458 g/mol. The summed E-state index contributed by atoms with van der Waals surface area (Å²) in [6.45, 7) is 8.58. The Morgan fingerprint density at radius 1 is 1.19 bits per heavy atom. The first kappa shape index (κ1) is 23.8. The highest BCUT2D eigenvalue weighted by Gasteiger charge is 2.16. The molecule has 0 fully saturated rings. The van der Waals surface area contributed by atoms with Gasteiger partial charge < -0.3 is 20.1 Å². The van der Waals surface area contributed by atoms with Crippen molar-refractivity contribution in [3.63, 3.8) is 0 Å². The summed E-state index contributed by atoms with van der Waals surface area (Å²) in [5.74, 6) is 2.09. The van der Waals surface area contributed by atoms with E-state index < -0.39 is 6.10 Å². The van der Waals surface area contributed by atoms with Gasteiger partial charge in [0.05, 0.1) is 24.7 Å². The molecular formula is C22H30N6O3S. The molecule has 172 valence electrons. The number of benzene rings is 1. The van der Waals surface area contributed by atoms with Crippen LogP contribution in [0.15, 0.2) is 41.7 Å². The average molecular weight is 459 g/mol. The number of aromatic nitrogens is 4. The van der Waals surface area contributed by atoms with Gasteiger partial charge in [-0.05, 0) is 31.7 Å². The molecule has 0 spiro atoms. The number of anilines is 1. The summed E-state index contributed by atoms with van der Waals surface area (Å²) in [6, 6.07) is 9.29. The van der Waals surface area contributed by atoms with Crippen LogP contribution in [-0.2, 0) is 16.1 Å². The van der Waals surface area contributed by atoms with Crippen LogP contribution in [0.3, 0.4) is 0 Å². The fraction of sp³-hybridized carbons (Fsp3) is 0.455. The zero-order valence-corrected chi connectivity index (χ0v) is 19.5. The van der Waals surface area contributed by atoms with Gasteiger partial charge in [-0.1, -0.05) is 36.9 Å². The van der Waals surface area contributed by atoms with Gasteiger partial charge in [-0.2, -0.15) is 5.10 Å². The molecule has 10 heteroatoms. The summed E-state index contributed by atoms with van der Waals surface area (Å²) >= 11 is 1.57. The van der Waals surface area contributed by atoms with Crippen molar-refractivity contribution < 1.29 is 14.3 Å². The molecule has 1 atom stereocenters. The number of nitrogens with one attached hydrogen (secondary N) is 2.